The molecule has 0 atom stereocenters. The molecule has 21 heavy (non-hydrogen) atoms. The average Bonchev–Trinajstić information content (AvgIpc) is 2.44. The molecule has 0 unspecified atom stereocenters. The molecule has 0 bridgehead atoms. The molecule has 0 spiro atoms. The van der Waals surface area contributed by atoms with Gasteiger partial charge in [-0.05, 0) is 12.1 Å². The lowest BCUT2D eigenvalue weighted by molar-refractivity contribution is -0.139. The van der Waals surface area contributed by atoms with Gasteiger partial charge in [-0.15, -0.1) is 6.42 Å². The number of Topliss-reactive ketones (excluding diaryl/α,β-unsaturated/α-hetero) is 1. The molecular weight excluding hydrogens is 281 g/mol. The standard InChI is InChI=1S/C14H12FNO5/c1-3-8-4-10(15)9(11(17)6-14(19)20-2)5-12(8)21-7-13(16)18/h1,4-5H,6-7H2,2H3,(H2,16,18). The highest BCUT2D eigenvalue weighted by Gasteiger charge is 2.19. The van der Waals surface area contributed by atoms with Gasteiger partial charge in [0.15, 0.2) is 12.4 Å². The van der Waals surface area contributed by atoms with Crippen LogP contribution >= 0.6 is 0 Å². The molecule has 7 heteroatoms. The van der Waals surface area contributed by atoms with E-state index in [1.54, 1.807) is 0 Å². The maximum absolute atomic E-state index is 13.8. The number of carbonyl (C=O) groups excluding carboxylic acids is 3. The number of esters is 1. The van der Waals surface area contributed by atoms with Crippen LogP contribution in [0.5, 0.6) is 5.75 Å². The summed E-state index contributed by atoms with van der Waals surface area (Å²) in [5, 5.41) is 0. The SMILES string of the molecule is C#Cc1cc(F)c(C(=O)CC(=O)OC)cc1OCC(N)=O. The van der Waals surface area contributed by atoms with Gasteiger partial charge in [0.2, 0.25) is 0 Å². The first-order valence-electron chi connectivity index (χ1n) is 5.70. The molecule has 6 nitrogen and oxygen atoms in total. The molecule has 1 amide bonds. The van der Waals surface area contributed by atoms with Crippen LogP contribution in [0.1, 0.15) is 22.3 Å². The molecule has 0 aromatic heterocycles. The summed E-state index contributed by atoms with van der Waals surface area (Å²) in [7, 11) is 1.11. The van der Waals surface area contributed by atoms with Gasteiger partial charge in [-0.2, -0.15) is 0 Å². The molecule has 1 aromatic rings. The summed E-state index contributed by atoms with van der Waals surface area (Å²) < 4.78 is 23.1. The Morgan fingerprint density at radius 2 is 2.05 bits per heavy atom. The first-order valence-corrected chi connectivity index (χ1v) is 5.70. The molecule has 0 saturated heterocycles. The van der Waals surface area contributed by atoms with E-state index in [9.17, 15) is 18.8 Å². The smallest absolute Gasteiger partial charge is 0.313 e. The maximum atomic E-state index is 13.8. The third-order valence-corrected chi connectivity index (χ3v) is 2.43. The molecule has 0 aliphatic carbocycles. The van der Waals surface area contributed by atoms with Crippen LogP contribution < -0.4 is 10.5 Å². The van der Waals surface area contributed by atoms with Gasteiger partial charge >= 0.3 is 5.97 Å². The predicted octanol–water partition coefficient (Wildman–Crippen LogP) is 0.417. The highest BCUT2D eigenvalue weighted by molar-refractivity contribution is 6.06. The quantitative estimate of drug-likeness (QED) is 0.355. The number of hydrogen-bond donors (Lipinski definition) is 1. The minimum atomic E-state index is -0.900. The molecular formula is C14H12FNO5. The number of carbonyl (C=O) groups is 3. The van der Waals surface area contributed by atoms with Crippen LogP contribution in [0.15, 0.2) is 12.1 Å². The number of methoxy groups -OCH3 is 1. The van der Waals surface area contributed by atoms with E-state index in [4.69, 9.17) is 16.9 Å². The Kier molecular flexibility index (Phi) is 5.43. The predicted molar refractivity (Wildman–Crippen MR) is 70.0 cm³/mol. The van der Waals surface area contributed by atoms with Crippen molar-refractivity contribution in [3.05, 3.63) is 29.1 Å². The Morgan fingerprint density at radius 1 is 1.38 bits per heavy atom. The van der Waals surface area contributed by atoms with Gasteiger partial charge in [0.25, 0.3) is 5.91 Å². The largest absolute Gasteiger partial charge is 0.482 e. The fourth-order valence-electron chi connectivity index (χ4n) is 1.45. The van der Waals surface area contributed by atoms with E-state index in [-0.39, 0.29) is 16.9 Å². The number of hydrogen-bond acceptors (Lipinski definition) is 5. The van der Waals surface area contributed by atoms with E-state index >= 15 is 0 Å². The van der Waals surface area contributed by atoms with Gasteiger partial charge in [0.1, 0.15) is 18.0 Å². The van der Waals surface area contributed by atoms with E-state index in [1.165, 1.54) is 0 Å². The molecule has 0 heterocycles. The summed E-state index contributed by atoms with van der Waals surface area (Å²) in [4.78, 5) is 33.5. The Balaban J connectivity index is 3.13. The van der Waals surface area contributed by atoms with Gasteiger partial charge in [0, 0.05) is 0 Å². The van der Waals surface area contributed by atoms with Crippen molar-refractivity contribution in [1.82, 2.24) is 0 Å². The molecule has 0 saturated carbocycles. The Labute approximate surface area is 120 Å². The van der Waals surface area contributed by atoms with Crippen molar-refractivity contribution in [2.75, 3.05) is 13.7 Å². The molecule has 1 rings (SSSR count). The highest BCUT2D eigenvalue weighted by Crippen LogP contribution is 2.23. The van der Waals surface area contributed by atoms with Crippen molar-refractivity contribution in [2.45, 2.75) is 6.42 Å². The summed E-state index contributed by atoms with van der Waals surface area (Å²) in [6.07, 6.45) is 4.56. The minimum absolute atomic E-state index is 0.0170. The first kappa shape index (κ1) is 16.2. The number of benzene rings is 1. The maximum Gasteiger partial charge on any atom is 0.313 e. The van der Waals surface area contributed by atoms with Crippen molar-refractivity contribution in [3.63, 3.8) is 0 Å². The third-order valence-electron chi connectivity index (χ3n) is 2.43. The van der Waals surface area contributed by atoms with Gasteiger partial charge in [-0.3, -0.25) is 14.4 Å². The Bertz CT molecular complexity index is 633. The van der Waals surface area contributed by atoms with Crippen molar-refractivity contribution in [3.8, 4) is 18.1 Å². The van der Waals surface area contributed by atoms with E-state index in [0.29, 0.717) is 0 Å². The van der Waals surface area contributed by atoms with Crippen molar-refractivity contribution < 1.29 is 28.2 Å². The second kappa shape index (κ2) is 7.05. The number of rotatable bonds is 6. The lowest BCUT2D eigenvalue weighted by atomic mass is 10.0. The van der Waals surface area contributed by atoms with Gasteiger partial charge in [0.05, 0.1) is 18.2 Å². The zero-order chi connectivity index (χ0) is 16.0. The summed E-state index contributed by atoms with van der Waals surface area (Å²) in [5.41, 5.74) is 4.55. The van der Waals surface area contributed by atoms with Crippen LogP contribution in [0, 0.1) is 18.2 Å². The van der Waals surface area contributed by atoms with Crippen LogP contribution in [0.2, 0.25) is 0 Å². The van der Waals surface area contributed by atoms with Gasteiger partial charge < -0.3 is 15.2 Å². The number of ether oxygens (including phenoxy) is 2. The molecule has 0 fully saturated rings. The van der Waals surface area contributed by atoms with Crippen LogP contribution in [-0.4, -0.2) is 31.4 Å². The Morgan fingerprint density at radius 3 is 2.57 bits per heavy atom. The number of halogens is 1. The molecule has 110 valence electrons. The number of ketones is 1. The van der Waals surface area contributed by atoms with Crippen molar-refractivity contribution >= 4 is 17.7 Å². The van der Waals surface area contributed by atoms with Crippen LogP contribution in [-0.2, 0) is 14.3 Å². The monoisotopic (exact) mass is 293 g/mol. The van der Waals surface area contributed by atoms with Gasteiger partial charge in [-0.25, -0.2) is 4.39 Å². The highest BCUT2D eigenvalue weighted by atomic mass is 19.1. The summed E-state index contributed by atoms with van der Waals surface area (Å²) >= 11 is 0. The molecule has 1 aromatic carbocycles. The van der Waals surface area contributed by atoms with Crippen molar-refractivity contribution in [2.24, 2.45) is 5.73 Å². The summed E-state index contributed by atoms with van der Waals surface area (Å²) in [5.74, 6) is -1.16. The zero-order valence-electron chi connectivity index (χ0n) is 11.1. The topological polar surface area (TPSA) is 95.7 Å². The molecule has 0 radical (unpaired) electrons. The summed E-state index contributed by atoms with van der Waals surface area (Å²) in [6.45, 7) is -0.481. The van der Waals surface area contributed by atoms with E-state index in [1.807, 2.05) is 0 Å². The summed E-state index contributed by atoms with van der Waals surface area (Å²) in [6, 6.07) is 1.93. The van der Waals surface area contributed by atoms with Gasteiger partial charge in [-0.1, -0.05) is 5.92 Å². The zero-order valence-corrected chi connectivity index (χ0v) is 11.1. The lowest BCUT2D eigenvalue weighted by Crippen LogP contribution is -2.20. The molecule has 0 aliphatic rings. The van der Waals surface area contributed by atoms with Crippen LogP contribution in [0.3, 0.4) is 0 Å². The van der Waals surface area contributed by atoms with Crippen LogP contribution in [0.25, 0.3) is 0 Å². The first-order chi connectivity index (χ1) is 9.88. The lowest BCUT2D eigenvalue weighted by Gasteiger charge is -2.09. The third kappa shape index (κ3) is 4.31. The number of nitrogens with two attached hydrogens (primary N) is 1. The van der Waals surface area contributed by atoms with Crippen LogP contribution in [0.4, 0.5) is 4.39 Å². The van der Waals surface area contributed by atoms with E-state index in [0.717, 1.165) is 19.2 Å². The average molecular weight is 293 g/mol. The molecule has 0 aliphatic heterocycles. The normalized spacial score (nSPS) is 9.57. The number of primary amides is 1. The van der Waals surface area contributed by atoms with Crippen molar-refractivity contribution in [1.29, 1.82) is 0 Å². The fraction of sp³-hybridized carbons (Fsp3) is 0.214. The fourth-order valence-corrected chi connectivity index (χ4v) is 1.45. The number of terminal acetylenes is 1. The second-order valence-electron chi connectivity index (χ2n) is 3.90. The Hall–Kier alpha value is -2.88. The second-order valence-corrected chi connectivity index (χ2v) is 3.90. The van der Waals surface area contributed by atoms with E-state index < -0.39 is 36.5 Å². The minimum Gasteiger partial charge on any atom is -0.482 e. The van der Waals surface area contributed by atoms with E-state index in [2.05, 4.69) is 10.7 Å². The molecule has 2 N–H and O–H groups in total. The number of amides is 1.